The van der Waals surface area contributed by atoms with Crippen molar-refractivity contribution in [2.75, 3.05) is 0 Å². The van der Waals surface area contributed by atoms with Crippen molar-refractivity contribution in [2.24, 2.45) is 9.98 Å². The number of nitrogens with zero attached hydrogens (tertiary/aromatic N) is 4. The van der Waals surface area contributed by atoms with Gasteiger partial charge in [0.15, 0.2) is 5.84 Å². The van der Waals surface area contributed by atoms with Gasteiger partial charge in [-0.15, -0.1) is 0 Å². The molecule has 4 rings (SSSR count). The molecule has 7 nitrogen and oxygen atoms in total. The lowest BCUT2D eigenvalue weighted by Gasteiger charge is -2.20. The monoisotopic (exact) mass is 384 g/mol. The minimum atomic E-state index is -0.491. The van der Waals surface area contributed by atoms with Crippen LogP contribution in [0.2, 0.25) is 0 Å². The van der Waals surface area contributed by atoms with Gasteiger partial charge >= 0.3 is 0 Å². The highest BCUT2D eigenvalue weighted by molar-refractivity contribution is 6.15. The Morgan fingerprint density at radius 1 is 1.17 bits per heavy atom. The number of rotatable bonds is 3. The Morgan fingerprint density at radius 2 is 2.03 bits per heavy atom. The van der Waals surface area contributed by atoms with Crippen molar-refractivity contribution >= 4 is 29.3 Å². The molecule has 2 aliphatic heterocycles. The van der Waals surface area contributed by atoms with Crippen molar-refractivity contribution in [1.82, 2.24) is 4.90 Å². The third-order valence-electron chi connectivity index (χ3n) is 4.45. The fourth-order valence-electron chi connectivity index (χ4n) is 3.07. The fraction of sp³-hybridized carbons (Fsp3) is 0.0455. The molecule has 142 valence electrons. The molecule has 0 N–H and O–H groups in total. The van der Waals surface area contributed by atoms with Crippen LogP contribution in [0.25, 0.3) is 6.08 Å². The molecule has 0 aromatic heterocycles. The molecule has 2 heterocycles. The molecular formula is C22H16N4O3. The van der Waals surface area contributed by atoms with Gasteiger partial charge in [-0.3, -0.25) is 14.9 Å². The largest absolute Gasteiger partial charge is 0.329 e. The molecular weight excluding hydrogens is 368 g/mol. The number of amides is 1. The van der Waals surface area contributed by atoms with Crippen LogP contribution < -0.4 is 0 Å². The van der Waals surface area contributed by atoms with E-state index in [0.717, 1.165) is 11.1 Å². The molecule has 7 heteroatoms. The third-order valence-corrected chi connectivity index (χ3v) is 4.45. The normalized spacial score (nSPS) is 16.3. The Bertz CT molecular complexity index is 1140. The molecule has 2 aromatic carbocycles. The van der Waals surface area contributed by atoms with Crippen LogP contribution in [0.4, 0.5) is 5.69 Å². The van der Waals surface area contributed by atoms with E-state index in [9.17, 15) is 14.9 Å². The maximum atomic E-state index is 12.5. The van der Waals surface area contributed by atoms with Crippen molar-refractivity contribution in [1.29, 1.82) is 0 Å². The number of non-ortho nitro benzene ring substituents is 1. The van der Waals surface area contributed by atoms with Crippen LogP contribution in [-0.2, 0) is 11.3 Å². The van der Waals surface area contributed by atoms with Crippen LogP contribution in [0.5, 0.6) is 0 Å². The Hall–Kier alpha value is -4.13. The summed E-state index contributed by atoms with van der Waals surface area (Å²) in [4.78, 5) is 33.6. The fourth-order valence-corrected chi connectivity index (χ4v) is 3.07. The molecule has 29 heavy (non-hydrogen) atoms. The van der Waals surface area contributed by atoms with Crippen LogP contribution in [-0.4, -0.2) is 27.4 Å². The maximum Gasteiger partial charge on any atom is 0.271 e. The van der Waals surface area contributed by atoms with E-state index >= 15 is 0 Å². The standard InChI is InChI=1S/C22H16N4O3/c27-21(12-11-16-6-5-8-18(14-16)26(28)29)24-22-19-9-2-1-7-17(19)15-25-13-4-3-10-20(25)23-22/h1-14H,15H2. The number of allylic oxidation sites excluding steroid dienone is 2. The van der Waals surface area contributed by atoms with Gasteiger partial charge < -0.3 is 4.90 Å². The SMILES string of the molecule is O=C(C=Cc1cccc([N+](=O)[O-])c1)N=C1N=C2C=CC=CN2Cc2ccccc21. The van der Waals surface area contributed by atoms with Gasteiger partial charge in [0.25, 0.3) is 11.6 Å². The topological polar surface area (TPSA) is 88.2 Å². The molecule has 0 saturated heterocycles. The zero-order valence-corrected chi connectivity index (χ0v) is 15.3. The number of nitro groups is 1. The van der Waals surface area contributed by atoms with Gasteiger partial charge in [0.2, 0.25) is 0 Å². The lowest BCUT2D eigenvalue weighted by atomic mass is 10.1. The maximum absolute atomic E-state index is 12.5. The van der Waals surface area contributed by atoms with Crippen molar-refractivity contribution in [2.45, 2.75) is 6.54 Å². The highest BCUT2D eigenvalue weighted by Crippen LogP contribution is 2.21. The van der Waals surface area contributed by atoms with Crippen molar-refractivity contribution in [3.05, 3.63) is 106 Å². The smallest absolute Gasteiger partial charge is 0.271 e. The number of hydrogen-bond donors (Lipinski definition) is 0. The average molecular weight is 384 g/mol. The number of nitro benzene ring substituents is 1. The quantitative estimate of drug-likeness (QED) is 0.456. The van der Waals surface area contributed by atoms with E-state index in [4.69, 9.17) is 0 Å². The summed E-state index contributed by atoms with van der Waals surface area (Å²) in [6.07, 6.45) is 10.4. The highest BCUT2D eigenvalue weighted by Gasteiger charge is 2.20. The summed E-state index contributed by atoms with van der Waals surface area (Å²) in [5.74, 6) is 0.555. The summed E-state index contributed by atoms with van der Waals surface area (Å²) in [7, 11) is 0. The Balaban J connectivity index is 1.66. The Labute approximate surface area is 166 Å². The molecule has 2 aromatic rings. The number of amidine groups is 2. The van der Waals surface area contributed by atoms with Crippen LogP contribution in [0, 0.1) is 10.1 Å². The molecule has 0 atom stereocenters. The van der Waals surface area contributed by atoms with Gasteiger partial charge in [-0.1, -0.05) is 42.5 Å². The number of aliphatic imine (C=N–C) groups is 2. The first kappa shape index (κ1) is 18.2. The van der Waals surface area contributed by atoms with E-state index < -0.39 is 10.8 Å². The molecule has 0 saturated carbocycles. The molecule has 0 fully saturated rings. The summed E-state index contributed by atoms with van der Waals surface area (Å²) < 4.78 is 0. The second kappa shape index (κ2) is 7.85. The second-order valence-electron chi connectivity index (χ2n) is 6.41. The first-order valence-electron chi connectivity index (χ1n) is 8.94. The molecule has 0 spiro atoms. The molecule has 0 unspecified atom stereocenters. The van der Waals surface area contributed by atoms with Crippen molar-refractivity contribution < 1.29 is 9.72 Å². The Morgan fingerprint density at radius 3 is 2.90 bits per heavy atom. The average Bonchev–Trinajstić information content (AvgIpc) is 2.89. The molecule has 2 aliphatic rings. The van der Waals surface area contributed by atoms with Gasteiger partial charge in [-0.25, -0.2) is 4.99 Å². The molecule has 0 bridgehead atoms. The zero-order valence-electron chi connectivity index (χ0n) is 15.3. The molecule has 0 aliphatic carbocycles. The minimum absolute atomic E-state index is 0.0350. The second-order valence-corrected chi connectivity index (χ2v) is 6.41. The zero-order chi connectivity index (χ0) is 20.2. The van der Waals surface area contributed by atoms with Crippen LogP contribution >= 0.6 is 0 Å². The summed E-state index contributed by atoms with van der Waals surface area (Å²) in [5.41, 5.74) is 2.33. The van der Waals surface area contributed by atoms with Crippen molar-refractivity contribution in [3.63, 3.8) is 0 Å². The lowest BCUT2D eigenvalue weighted by Crippen LogP contribution is -2.24. The van der Waals surface area contributed by atoms with Crippen LogP contribution in [0.1, 0.15) is 16.7 Å². The Kier molecular flexibility index (Phi) is 4.94. The van der Waals surface area contributed by atoms with E-state index in [0.29, 0.717) is 23.8 Å². The van der Waals surface area contributed by atoms with Crippen LogP contribution in [0.15, 0.2) is 89.0 Å². The van der Waals surface area contributed by atoms with Gasteiger partial charge in [-0.05, 0) is 29.4 Å². The lowest BCUT2D eigenvalue weighted by molar-refractivity contribution is -0.384. The highest BCUT2D eigenvalue weighted by atomic mass is 16.6. The summed E-state index contributed by atoms with van der Waals surface area (Å²) in [5, 5.41) is 10.9. The first-order chi connectivity index (χ1) is 14.1. The predicted molar refractivity (Wildman–Crippen MR) is 111 cm³/mol. The first-order valence-corrected chi connectivity index (χ1v) is 8.94. The van der Waals surface area contributed by atoms with Gasteiger partial charge in [-0.2, -0.15) is 4.99 Å². The van der Waals surface area contributed by atoms with Crippen molar-refractivity contribution in [3.8, 4) is 0 Å². The van der Waals surface area contributed by atoms with Gasteiger partial charge in [0, 0.05) is 36.5 Å². The van der Waals surface area contributed by atoms with E-state index in [1.54, 1.807) is 12.1 Å². The number of benzene rings is 2. The predicted octanol–water partition coefficient (Wildman–Crippen LogP) is 3.88. The number of hydrogen-bond acceptors (Lipinski definition) is 4. The summed E-state index contributed by atoms with van der Waals surface area (Å²) in [6, 6.07) is 13.7. The van der Waals surface area contributed by atoms with E-state index in [-0.39, 0.29) is 5.69 Å². The van der Waals surface area contributed by atoms with Gasteiger partial charge in [0.05, 0.1) is 4.92 Å². The van der Waals surface area contributed by atoms with E-state index in [2.05, 4.69) is 9.98 Å². The van der Waals surface area contributed by atoms with Crippen LogP contribution in [0.3, 0.4) is 0 Å². The number of carbonyl (C=O) groups excluding carboxylic acids is 1. The molecule has 0 radical (unpaired) electrons. The summed E-state index contributed by atoms with van der Waals surface area (Å²) in [6.45, 7) is 0.632. The van der Waals surface area contributed by atoms with E-state index in [1.165, 1.54) is 24.3 Å². The number of fused-ring (bicyclic) bond motifs is 2. The number of carbonyl (C=O) groups is 1. The summed E-state index contributed by atoms with van der Waals surface area (Å²) >= 11 is 0. The van der Waals surface area contributed by atoms with Gasteiger partial charge in [0.1, 0.15) is 5.84 Å². The van der Waals surface area contributed by atoms with E-state index in [1.807, 2.05) is 53.6 Å². The molecule has 1 amide bonds. The minimum Gasteiger partial charge on any atom is -0.329 e. The third kappa shape index (κ3) is 4.08.